The summed E-state index contributed by atoms with van der Waals surface area (Å²) < 4.78 is 12.7. The quantitative estimate of drug-likeness (QED) is 0.654. The zero-order valence-corrected chi connectivity index (χ0v) is 12.1. The van der Waals surface area contributed by atoms with Crippen LogP contribution >= 0.6 is 0 Å². The number of furan rings is 1. The third kappa shape index (κ3) is 2.50. The van der Waals surface area contributed by atoms with E-state index in [9.17, 15) is 4.79 Å². The van der Waals surface area contributed by atoms with Crippen LogP contribution in [0.3, 0.4) is 0 Å². The summed E-state index contributed by atoms with van der Waals surface area (Å²) in [6.45, 7) is 2.64. The van der Waals surface area contributed by atoms with Crippen molar-refractivity contribution in [3.8, 4) is 22.9 Å². The minimum atomic E-state index is 0.222. The van der Waals surface area contributed by atoms with E-state index in [0.29, 0.717) is 35.8 Å². The Labute approximate surface area is 127 Å². The summed E-state index contributed by atoms with van der Waals surface area (Å²) in [6.07, 6.45) is 3.11. The molecule has 3 aromatic rings. The number of aldehydes is 1. The Kier molecular flexibility index (Phi) is 4.00. The molecule has 0 radical (unpaired) electrons. The van der Waals surface area contributed by atoms with E-state index in [1.54, 1.807) is 23.1 Å². The van der Waals surface area contributed by atoms with E-state index in [1.165, 1.54) is 0 Å². The van der Waals surface area contributed by atoms with Crippen molar-refractivity contribution in [1.29, 1.82) is 0 Å². The van der Waals surface area contributed by atoms with E-state index >= 15 is 0 Å². The zero-order valence-electron chi connectivity index (χ0n) is 12.1. The van der Waals surface area contributed by atoms with Gasteiger partial charge in [-0.25, -0.2) is 4.68 Å². The molecule has 0 fully saturated rings. The van der Waals surface area contributed by atoms with Gasteiger partial charge in [0.1, 0.15) is 17.1 Å². The van der Waals surface area contributed by atoms with Gasteiger partial charge in [0, 0.05) is 0 Å². The first-order valence-electron chi connectivity index (χ1n) is 7.02. The summed E-state index contributed by atoms with van der Waals surface area (Å²) >= 11 is 0. The van der Waals surface area contributed by atoms with Gasteiger partial charge in [0.2, 0.25) is 0 Å². The van der Waals surface area contributed by atoms with Gasteiger partial charge < -0.3 is 9.15 Å². The van der Waals surface area contributed by atoms with Crippen LogP contribution in [0.2, 0.25) is 0 Å². The minimum Gasteiger partial charge on any atom is -0.491 e. The molecule has 6 heteroatoms. The van der Waals surface area contributed by atoms with Crippen LogP contribution in [0.4, 0.5) is 0 Å². The Morgan fingerprint density at radius 3 is 2.86 bits per heavy atom. The Hall–Kier alpha value is -2.89. The molecule has 0 spiro atoms. The smallest absolute Gasteiger partial charge is 0.172 e. The molecule has 0 unspecified atom stereocenters. The van der Waals surface area contributed by atoms with Crippen LogP contribution < -0.4 is 4.74 Å². The first-order chi connectivity index (χ1) is 10.8. The fourth-order valence-electron chi connectivity index (χ4n) is 2.15. The van der Waals surface area contributed by atoms with Crippen LogP contribution in [0.1, 0.15) is 23.8 Å². The molecular weight excluding hydrogens is 282 g/mol. The van der Waals surface area contributed by atoms with Crippen molar-refractivity contribution in [3.63, 3.8) is 0 Å². The van der Waals surface area contributed by atoms with Crippen molar-refractivity contribution in [2.75, 3.05) is 6.61 Å². The lowest BCUT2D eigenvalue weighted by molar-refractivity contribution is 0.111. The van der Waals surface area contributed by atoms with E-state index in [2.05, 4.69) is 10.3 Å². The molecule has 0 amide bonds. The van der Waals surface area contributed by atoms with Gasteiger partial charge in [0.15, 0.2) is 17.7 Å². The molecular formula is C16H15N3O3. The first kappa shape index (κ1) is 14.1. The Morgan fingerprint density at radius 1 is 1.27 bits per heavy atom. The number of hydrogen-bond donors (Lipinski definition) is 0. The standard InChI is InChI=1S/C16H15N3O3/c1-2-9-21-14-7-4-3-6-13(14)19-16(12(11-20)17-18-19)15-8-5-10-22-15/h3-8,10-11H,2,9H2,1H3. The van der Waals surface area contributed by atoms with E-state index < -0.39 is 0 Å². The first-order valence-corrected chi connectivity index (χ1v) is 7.02. The monoisotopic (exact) mass is 297 g/mol. The van der Waals surface area contributed by atoms with Crippen molar-refractivity contribution >= 4 is 6.29 Å². The molecule has 2 heterocycles. The molecule has 22 heavy (non-hydrogen) atoms. The van der Waals surface area contributed by atoms with Crippen molar-refractivity contribution in [3.05, 3.63) is 48.4 Å². The van der Waals surface area contributed by atoms with Crippen molar-refractivity contribution < 1.29 is 13.9 Å². The van der Waals surface area contributed by atoms with Crippen molar-refractivity contribution in [2.45, 2.75) is 13.3 Å². The predicted octanol–water partition coefficient (Wildman–Crippen LogP) is 3.13. The fourth-order valence-corrected chi connectivity index (χ4v) is 2.15. The van der Waals surface area contributed by atoms with Crippen LogP contribution in [-0.2, 0) is 0 Å². The minimum absolute atomic E-state index is 0.222. The topological polar surface area (TPSA) is 70.2 Å². The lowest BCUT2D eigenvalue weighted by atomic mass is 10.2. The van der Waals surface area contributed by atoms with Crippen LogP contribution in [0.5, 0.6) is 5.75 Å². The average Bonchev–Trinajstić information content (AvgIpc) is 3.21. The summed E-state index contributed by atoms with van der Waals surface area (Å²) in [4.78, 5) is 11.2. The number of aromatic nitrogens is 3. The number of benzene rings is 1. The molecule has 6 nitrogen and oxygen atoms in total. The highest BCUT2D eigenvalue weighted by atomic mass is 16.5. The van der Waals surface area contributed by atoms with Crippen LogP contribution in [0.15, 0.2) is 47.1 Å². The third-order valence-electron chi connectivity index (χ3n) is 3.12. The predicted molar refractivity (Wildman–Crippen MR) is 80.2 cm³/mol. The summed E-state index contributed by atoms with van der Waals surface area (Å²) in [7, 11) is 0. The lowest BCUT2D eigenvalue weighted by Crippen LogP contribution is -2.04. The van der Waals surface area contributed by atoms with E-state index in [0.717, 1.165) is 6.42 Å². The molecule has 0 bridgehead atoms. The number of carbonyl (C=O) groups excluding carboxylic acids is 1. The van der Waals surface area contributed by atoms with Crippen molar-refractivity contribution in [2.24, 2.45) is 0 Å². The molecule has 112 valence electrons. The van der Waals surface area contributed by atoms with Crippen LogP contribution in [0, 0.1) is 0 Å². The Morgan fingerprint density at radius 2 is 2.14 bits per heavy atom. The molecule has 1 aromatic carbocycles. The normalized spacial score (nSPS) is 10.6. The van der Waals surface area contributed by atoms with Crippen LogP contribution in [0.25, 0.3) is 17.1 Å². The molecule has 0 N–H and O–H groups in total. The number of hydrogen-bond acceptors (Lipinski definition) is 5. The molecule has 2 aromatic heterocycles. The molecule has 3 rings (SSSR count). The molecule has 0 aliphatic heterocycles. The van der Waals surface area contributed by atoms with E-state index in [1.807, 2.05) is 31.2 Å². The number of para-hydroxylation sites is 2. The highest BCUT2D eigenvalue weighted by Gasteiger charge is 2.20. The fraction of sp³-hybridized carbons (Fsp3) is 0.188. The van der Waals surface area contributed by atoms with Gasteiger partial charge in [0.25, 0.3) is 0 Å². The van der Waals surface area contributed by atoms with Crippen molar-refractivity contribution in [1.82, 2.24) is 15.0 Å². The summed E-state index contributed by atoms with van der Waals surface area (Å²) in [5.41, 5.74) is 1.44. The maximum absolute atomic E-state index is 11.2. The molecule has 0 atom stereocenters. The number of ether oxygens (including phenoxy) is 1. The maximum Gasteiger partial charge on any atom is 0.172 e. The Balaban J connectivity index is 2.14. The van der Waals surface area contributed by atoms with Crippen LogP contribution in [-0.4, -0.2) is 27.9 Å². The largest absolute Gasteiger partial charge is 0.491 e. The lowest BCUT2D eigenvalue weighted by Gasteiger charge is -2.11. The van der Waals surface area contributed by atoms with Gasteiger partial charge in [-0.3, -0.25) is 4.79 Å². The van der Waals surface area contributed by atoms with Gasteiger partial charge >= 0.3 is 0 Å². The average molecular weight is 297 g/mol. The second-order valence-corrected chi connectivity index (χ2v) is 4.65. The highest BCUT2D eigenvalue weighted by Crippen LogP contribution is 2.29. The molecule has 0 aliphatic carbocycles. The van der Waals surface area contributed by atoms with Gasteiger partial charge in [-0.1, -0.05) is 24.3 Å². The SMILES string of the molecule is CCCOc1ccccc1-n1nnc(C=O)c1-c1ccco1. The zero-order chi connectivity index (χ0) is 15.4. The van der Waals surface area contributed by atoms with Gasteiger partial charge in [-0.05, 0) is 30.7 Å². The van der Waals surface area contributed by atoms with E-state index in [4.69, 9.17) is 9.15 Å². The second-order valence-electron chi connectivity index (χ2n) is 4.65. The van der Waals surface area contributed by atoms with Gasteiger partial charge in [-0.15, -0.1) is 5.10 Å². The third-order valence-corrected chi connectivity index (χ3v) is 3.12. The number of nitrogens with zero attached hydrogens (tertiary/aromatic N) is 3. The van der Waals surface area contributed by atoms with E-state index in [-0.39, 0.29) is 5.69 Å². The second kappa shape index (κ2) is 6.26. The Bertz CT molecular complexity index is 763. The van der Waals surface area contributed by atoms with Gasteiger partial charge in [-0.2, -0.15) is 0 Å². The molecule has 0 aliphatic rings. The maximum atomic E-state index is 11.2. The van der Waals surface area contributed by atoms with Gasteiger partial charge in [0.05, 0.1) is 12.9 Å². The summed E-state index contributed by atoms with van der Waals surface area (Å²) in [6, 6.07) is 11.0. The summed E-state index contributed by atoms with van der Waals surface area (Å²) in [5.74, 6) is 1.21. The highest BCUT2D eigenvalue weighted by molar-refractivity contribution is 5.82. The summed E-state index contributed by atoms with van der Waals surface area (Å²) in [5, 5.41) is 8.00. The molecule has 0 saturated carbocycles. The number of carbonyl (C=O) groups is 1. The molecule has 0 saturated heterocycles. The number of rotatable bonds is 6.